The molecule has 0 aliphatic carbocycles. The van der Waals surface area contributed by atoms with E-state index in [0.29, 0.717) is 18.1 Å². The SMILES string of the molecule is CC[n+]1c(-c2ccccc2)oc(O)c1-c1ccc(Br)cc1. The average molecular weight is 345 g/mol. The van der Waals surface area contributed by atoms with Gasteiger partial charge in [-0.1, -0.05) is 34.1 Å². The number of aromatic hydroxyl groups is 1. The zero-order chi connectivity index (χ0) is 14.8. The first-order valence-electron chi connectivity index (χ1n) is 6.77. The first-order chi connectivity index (χ1) is 10.2. The zero-order valence-corrected chi connectivity index (χ0v) is 13.2. The molecule has 0 saturated heterocycles. The molecule has 1 aromatic heterocycles. The lowest BCUT2D eigenvalue weighted by molar-refractivity contribution is -0.674. The number of halogens is 1. The molecule has 3 rings (SSSR count). The van der Waals surface area contributed by atoms with Crippen molar-refractivity contribution in [3.05, 3.63) is 59.1 Å². The van der Waals surface area contributed by atoms with Crippen molar-refractivity contribution in [2.24, 2.45) is 0 Å². The maximum atomic E-state index is 10.2. The predicted molar refractivity (Wildman–Crippen MR) is 84.8 cm³/mol. The molecule has 1 heterocycles. The first kappa shape index (κ1) is 13.9. The molecule has 0 fully saturated rings. The molecule has 0 unspecified atom stereocenters. The van der Waals surface area contributed by atoms with E-state index in [1.807, 2.05) is 66.1 Å². The van der Waals surface area contributed by atoms with Crippen LogP contribution < -0.4 is 4.57 Å². The number of aromatic nitrogens is 1. The minimum Gasteiger partial charge on any atom is -0.476 e. The Kier molecular flexibility index (Phi) is 3.80. The van der Waals surface area contributed by atoms with E-state index < -0.39 is 0 Å². The van der Waals surface area contributed by atoms with Crippen LogP contribution in [0.15, 0.2) is 63.5 Å². The molecule has 1 N–H and O–H groups in total. The molecule has 0 spiro atoms. The molecular formula is C17H15BrNO2+. The quantitative estimate of drug-likeness (QED) is 0.715. The van der Waals surface area contributed by atoms with Gasteiger partial charge in [0, 0.05) is 4.47 Å². The predicted octanol–water partition coefficient (Wildman–Crippen LogP) is 4.39. The van der Waals surface area contributed by atoms with Gasteiger partial charge in [0.15, 0.2) is 0 Å². The fourth-order valence-electron chi connectivity index (χ4n) is 2.40. The Morgan fingerprint density at radius 1 is 1.00 bits per heavy atom. The second-order valence-corrected chi connectivity index (χ2v) is 5.59. The van der Waals surface area contributed by atoms with Crippen LogP contribution >= 0.6 is 15.9 Å². The van der Waals surface area contributed by atoms with Crippen LogP contribution in [0.2, 0.25) is 0 Å². The summed E-state index contributed by atoms with van der Waals surface area (Å²) in [5, 5.41) is 10.2. The van der Waals surface area contributed by atoms with Gasteiger partial charge in [0.25, 0.3) is 5.69 Å². The van der Waals surface area contributed by atoms with Crippen LogP contribution in [0.5, 0.6) is 5.95 Å². The largest absolute Gasteiger partial charge is 0.476 e. The van der Waals surface area contributed by atoms with Crippen molar-refractivity contribution in [1.82, 2.24) is 0 Å². The summed E-state index contributed by atoms with van der Waals surface area (Å²) in [4.78, 5) is 0. The van der Waals surface area contributed by atoms with Crippen LogP contribution in [-0.4, -0.2) is 5.11 Å². The summed E-state index contributed by atoms with van der Waals surface area (Å²) in [6.07, 6.45) is 0. The van der Waals surface area contributed by atoms with Crippen molar-refractivity contribution in [3.8, 4) is 28.7 Å². The van der Waals surface area contributed by atoms with Crippen LogP contribution in [-0.2, 0) is 6.54 Å². The summed E-state index contributed by atoms with van der Waals surface area (Å²) in [5.41, 5.74) is 2.56. The highest BCUT2D eigenvalue weighted by atomic mass is 79.9. The van der Waals surface area contributed by atoms with E-state index in [1.165, 1.54) is 0 Å². The molecule has 0 bridgehead atoms. The molecule has 0 aliphatic heterocycles. The van der Waals surface area contributed by atoms with Gasteiger partial charge >= 0.3 is 11.8 Å². The van der Waals surface area contributed by atoms with Gasteiger partial charge in [-0.15, -0.1) is 0 Å². The highest BCUT2D eigenvalue weighted by Crippen LogP contribution is 2.32. The zero-order valence-electron chi connectivity index (χ0n) is 11.6. The third kappa shape index (κ3) is 2.59. The topological polar surface area (TPSA) is 37.2 Å². The van der Waals surface area contributed by atoms with Gasteiger partial charge in [0.2, 0.25) is 0 Å². The molecule has 4 heteroatoms. The Labute approximate surface area is 131 Å². The van der Waals surface area contributed by atoms with E-state index >= 15 is 0 Å². The minimum absolute atomic E-state index is 0.0574. The molecular weight excluding hydrogens is 330 g/mol. The summed E-state index contributed by atoms with van der Waals surface area (Å²) in [5.74, 6) is 0.603. The van der Waals surface area contributed by atoms with Crippen LogP contribution in [0, 0.1) is 0 Å². The highest BCUT2D eigenvalue weighted by Gasteiger charge is 2.29. The Bertz CT molecular complexity index is 748. The third-order valence-corrected chi connectivity index (χ3v) is 3.89. The van der Waals surface area contributed by atoms with Crippen molar-refractivity contribution in [2.75, 3.05) is 0 Å². The lowest BCUT2D eigenvalue weighted by atomic mass is 10.1. The average Bonchev–Trinajstić information content (AvgIpc) is 2.85. The number of hydrogen-bond donors (Lipinski definition) is 1. The summed E-state index contributed by atoms with van der Waals surface area (Å²) in [7, 11) is 0. The van der Waals surface area contributed by atoms with E-state index in [2.05, 4.69) is 15.9 Å². The Balaban J connectivity index is 2.18. The van der Waals surface area contributed by atoms with E-state index in [-0.39, 0.29) is 5.95 Å². The van der Waals surface area contributed by atoms with Crippen molar-refractivity contribution < 1.29 is 14.1 Å². The van der Waals surface area contributed by atoms with Crippen molar-refractivity contribution in [1.29, 1.82) is 0 Å². The molecule has 0 amide bonds. The van der Waals surface area contributed by atoms with Gasteiger partial charge in [-0.05, 0) is 43.3 Å². The van der Waals surface area contributed by atoms with Gasteiger partial charge in [0.05, 0.1) is 11.1 Å². The lowest BCUT2D eigenvalue weighted by Gasteiger charge is -1.98. The van der Waals surface area contributed by atoms with Crippen LogP contribution in [0.1, 0.15) is 6.92 Å². The molecule has 0 atom stereocenters. The number of rotatable bonds is 3. The molecule has 106 valence electrons. The van der Waals surface area contributed by atoms with Gasteiger partial charge in [0.1, 0.15) is 6.54 Å². The maximum Gasteiger partial charge on any atom is 0.384 e. The van der Waals surface area contributed by atoms with Crippen LogP contribution in [0.25, 0.3) is 22.7 Å². The van der Waals surface area contributed by atoms with Crippen molar-refractivity contribution in [2.45, 2.75) is 13.5 Å². The standard InChI is InChI=1S/C17H14BrNO2/c1-2-19-15(12-8-10-14(18)11-9-12)17(20)21-16(19)13-6-4-3-5-7-13/h3-11H,2H2,1H3/p+1. The number of hydrogen-bond acceptors (Lipinski definition) is 2. The lowest BCUT2D eigenvalue weighted by Crippen LogP contribution is -2.34. The first-order valence-corrected chi connectivity index (χ1v) is 7.57. The molecule has 21 heavy (non-hydrogen) atoms. The maximum absolute atomic E-state index is 10.2. The van der Waals surface area contributed by atoms with E-state index in [4.69, 9.17) is 4.42 Å². The number of nitrogens with zero attached hydrogens (tertiary/aromatic N) is 1. The van der Waals surface area contributed by atoms with Crippen LogP contribution in [0.4, 0.5) is 0 Å². The monoisotopic (exact) mass is 344 g/mol. The van der Waals surface area contributed by atoms with Crippen molar-refractivity contribution in [3.63, 3.8) is 0 Å². The second kappa shape index (κ2) is 5.74. The van der Waals surface area contributed by atoms with Gasteiger partial charge < -0.3 is 9.52 Å². The minimum atomic E-state index is -0.0574. The summed E-state index contributed by atoms with van der Waals surface area (Å²) in [6, 6.07) is 17.6. The van der Waals surface area contributed by atoms with Gasteiger partial charge in [-0.2, -0.15) is 4.57 Å². The molecule has 0 aliphatic rings. The number of benzene rings is 2. The molecule has 3 aromatic rings. The van der Waals surface area contributed by atoms with Gasteiger partial charge in [-0.3, -0.25) is 0 Å². The second-order valence-electron chi connectivity index (χ2n) is 4.68. The normalized spacial score (nSPS) is 10.8. The molecule has 2 aromatic carbocycles. The third-order valence-electron chi connectivity index (χ3n) is 3.37. The van der Waals surface area contributed by atoms with E-state index in [1.54, 1.807) is 0 Å². The fraction of sp³-hybridized carbons (Fsp3) is 0.118. The number of oxazole rings is 1. The molecule has 3 nitrogen and oxygen atoms in total. The van der Waals surface area contributed by atoms with E-state index in [9.17, 15) is 5.11 Å². The van der Waals surface area contributed by atoms with Gasteiger partial charge in [-0.25, -0.2) is 0 Å². The van der Waals surface area contributed by atoms with Crippen LogP contribution in [0.3, 0.4) is 0 Å². The Morgan fingerprint density at radius 3 is 2.29 bits per heavy atom. The Hall–Kier alpha value is -2.07. The fourth-order valence-corrected chi connectivity index (χ4v) is 2.66. The van der Waals surface area contributed by atoms with Crippen molar-refractivity contribution >= 4 is 15.9 Å². The highest BCUT2D eigenvalue weighted by molar-refractivity contribution is 9.10. The Morgan fingerprint density at radius 2 is 1.67 bits per heavy atom. The summed E-state index contributed by atoms with van der Waals surface area (Å²) >= 11 is 3.42. The smallest absolute Gasteiger partial charge is 0.384 e. The van der Waals surface area contributed by atoms with E-state index in [0.717, 1.165) is 15.6 Å². The summed E-state index contributed by atoms with van der Waals surface area (Å²) in [6.45, 7) is 2.74. The molecule has 0 radical (unpaired) electrons. The summed E-state index contributed by atoms with van der Waals surface area (Å²) < 4.78 is 8.59. The molecule has 0 saturated carbocycles.